The van der Waals surface area contributed by atoms with Gasteiger partial charge in [-0.1, -0.05) is 12.1 Å². The third kappa shape index (κ3) is 3.52. The van der Waals surface area contributed by atoms with Crippen molar-refractivity contribution in [1.29, 1.82) is 0 Å². The second-order valence-corrected chi connectivity index (χ2v) is 5.12. The van der Waals surface area contributed by atoms with Crippen molar-refractivity contribution in [1.82, 2.24) is 19.6 Å². The lowest BCUT2D eigenvalue weighted by atomic mass is 10.2. The largest absolute Gasteiger partial charge is 0.497 e. The standard InChI is InChI=1S/C15H12F3N5O2/c1-25-11-4-2-10(3-5-11)8-22-9-12(21-24)14(20-22)23-7-6-13(19-23)15(16,17)18/h2-7,9H,8H2,1H3. The maximum absolute atomic E-state index is 12.7. The van der Waals surface area contributed by atoms with E-state index in [9.17, 15) is 18.1 Å². The van der Waals surface area contributed by atoms with Crippen LogP contribution in [0.2, 0.25) is 0 Å². The Kier molecular flexibility index (Phi) is 4.26. The van der Waals surface area contributed by atoms with E-state index in [1.807, 2.05) is 12.1 Å². The number of nitroso groups, excluding NO2 is 1. The first-order chi connectivity index (χ1) is 11.9. The molecule has 0 atom stereocenters. The highest BCUT2D eigenvalue weighted by atomic mass is 19.4. The van der Waals surface area contributed by atoms with Crippen molar-refractivity contribution in [3.05, 3.63) is 58.9 Å². The molecule has 0 unspecified atom stereocenters. The Bertz CT molecular complexity index is 883. The van der Waals surface area contributed by atoms with Crippen molar-refractivity contribution in [2.75, 3.05) is 7.11 Å². The van der Waals surface area contributed by atoms with E-state index in [0.717, 1.165) is 22.5 Å². The van der Waals surface area contributed by atoms with Gasteiger partial charge in [-0.2, -0.15) is 23.4 Å². The molecule has 7 nitrogen and oxygen atoms in total. The molecule has 0 saturated carbocycles. The average Bonchev–Trinajstić information content (AvgIpc) is 3.21. The molecular weight excluding hydrogens is 339 g/mol. The summed E-state index contributed by atoms with van der Waals surface area (Å²) in [5.74, 6) is 0.621. The second kappa shape index (κ2) is 6.38. The fraction of sp³-hybridized carbons (Fsp3) is 0.200. The molecule has 0 bridgehead atoms. The molecule has 2 aromatic heterocycles. The van der Waals surface area contributed by atoms with Crippen molar-refractivity contribution in [3.8, 4) is 11.6 Å². The van der Waals surface area contributed by atoms with E-state index in [4.69, 9.17) is 4.74 Å². The Labute approximate surface area is 139 Å². The minimum atomic E-state index is -4.58. The number of benzene rings is 1. The van der Waals surface area contributed by atoms with Crippen LogP contribution in [0.4, 0.5) is 18.9 Å². The third-order valence-corrected chi connectivity index (χ3v) is 3.42. The van der Waals surface area contributed by atoms with Gasteiger partial charge in [0.1, 0.15) is 5.75 Å². The third-order valence-electron chi connectivity index (χ3n) is 3.42. The molecule has 0 N–H and O–H groups in total. The number of alkyl halides is 3. The molecule has 25 heavy (non-hydrogen) atoms. The number of rotatable bonds is 5. The highest BCUT2D eigenvalue weighted by Gasteiger charge is 2.34. The lowest BCUT2D eigenvalue weighted by Crippen LogP contribution is -2.08. The first kappa shape index (κ1) is 16.7. The van der Waals surface area contributed by atoms with Crippen molar-refractivity contribution >= 4 is 5.69 Å². The quantitative estimate of drug-likeness (QED) is 0.659. The average molecular weight is 351 g/mol. The van der Waals surface area contributed by atoms with E-state index in [2.05, 4.69) is 15.4 Å². The van der Waals surface area contributed by atoms with Gasteiger partial charge in [0.05, 0.1) is 19.9 Å². The van der Waals surface area contributed by atoms with Gasteiger partial charge in [0.15, 0.2) is 11.4 Å². The lowest BCUT2D eigenvalue weighted by Gasteiger charge is -2.04. The highest BCUT2D eigenvalue weighted by molar-refractivity contribution is 5.50. The van der Waals surface area contributed by atoms with E-state index in [-0.39, 0.29) is 11.5 Å². The Morgan fingerprint density at radius 1 is 1.16 bits per heavy atom. The molecule has 0 aliphatic heterocycles. The molecule has 0 spiro atoms. The smallest absolute Gasteiger partial charge is 0.435 e. The minimum Gasteiger partial charge on any atom is -0.497 e. The SMILES string of the molecule is COc1ccc(Cn2cc(N=O)c(-n3ccc(C(F)(F)F)n3)n2)cc1. The minimum absolute atomic E-state index is 0.0704. The Morgan fingerprint density at radius 2 is 1.88 bits per heavy atom. The van der Waals surface area contributed by atoms with Gasteiger partial charge in [0.2, 0.25) is 5.82 Å². The summed E-state index contributed by atoms with van der Waals surface area (Å²) in [6.07, 6.45) is -2.15. The van der Waals surface area contributed by atoms with Gasteiger partial charge in [0.25, 0.3) is 0 Å². The van der Waals surface area contributed by atoms with E-state index >= 15 is 0 Å². The molecular formula is C15H12F3N5O2. The highest BCUT2D eigenvalue weighted by Crippen LogP contribution is 2.29. The van der Waals surface area contributed by atoms with Crippen LogP contribution in [0, 0.1) is 4.91 Å². The summed E-state index contributed by atoms with van der Waals surface area (Å²) in [6, 6.07) is 7.95. The van der Waals surface area contributed by atoms with Crippen LogP contribution in [0.5, 0.6) is 5.75 Å². The zero-order chi connectivity index (χ0) is 18.0. The second-order valence-electron chi connectivity index (χ2n) is 5.12. The van der Waals surface area contributed by atoms with E-state index in [1.54, 1.807) is 19.2 Å². The van der Waals surface area contributed by atoms with Gasteiger partial charge in [-0.3, -0.25) is 4.68 Å². The Morgan fingerprint density at radius 3 is 2.44 bits per heavy atom. The Balaban J connectivity index is 1.88. The fourth-order valence-electron chi connectivity index (χ4n) is 2.22. The molecule has 0 fully saturated rings. The monoisotopic (exact) mass is 351 g/mol. The summed E-state index contributed by atoms with van der Waals surface area (Å²) in [7, 11) is 1.55. The van der Waals surface area contributed by atoms with Gasteiger partial charge < -0.3 is 4.74 Å². The topological polar surface area (TPSA) is 74.3 Å². The molecule has 3 rings (SSSR count). The number of hydrogen-bond donors (Lipinski definition) is 0. The van der Waals surface area contributed by atoms with Crippen LogP contribution in [0.15, 0.2) is 47.9 Å². The molecule has 0 radical (unpaired) electrons. The number of hydrogen-bond acceptors (Lipinski definition) is 5. The van der Waals surface area contributed by atoms with Crippen molar-refractivity contribution in [2.24, 2.45) is 5.18 Å². The molecule has 10 heteroatoms. The summed E-state index contributed by atoms with van der Waals surface area (Å²) in [4.78, 5) is 11.0. The van der Waals surface area contributed by atoms with Crippen molar-refractivity contribution in [3.63, 3.8) is 0 Å². The van der Waals surface area contributed by atoms with Gasteiger partial charge in [-0.15, -0.1) is 4.91 Å². The van der Waals surface area contributed by atoms with Crippen LogP contribution in [-0.2, 0) is 12.7 Å². The lowest BCUT2D eigenvalue weighted by molar-refractivity contribution is -0.141. The predicted octanol–water partition coefficient (Wildman–Crippen LogP) is 3.54. The molecule has 0 aliphatic rings. The van der Waals surface area contributed by atoms with Crippen LogP contribution in [0.3, 0.4) is 0 Å². The van der Waals surface area contributed by atoms with E-state index < -0.39 is 11.9 Å². The van der Waals surface area contributed by atoms with E-state index in [0.29, 0.717) is 12.3 Å². The zero-order valence-corrected chi connectivity index (χ0v) is 12.9. The van der Waals surface area contributed by atoms with Crippen LogP contribution < -0.4 is 4.74 Å². The number of ether oxygens (including phenoxy) is 1. The van der Waals surface area contributed by atoms with Gasteiger partial charge in [-0.25, -0.2) is 4.68 Å². The van der Waals surface area contributed by atoms with Crippen LogP contribution in [-0.4, -0.2) is 26.7 Å². The maximum Gasteiger partial charge on any atom is 0.435 e. The number of halogens is 3. The molecule has 2 heterocycles. The van der Waals surface area contributed by atoms with Gasteiger partial charge >= 0.3 is 6.18 Å². The molecule has 3 aromatic rings. The molecule has 130 valence electrons. The summed E-state index contributed by atoms with van der Waals surface area (Å²) in [5.41, 5.74) is -0.317. The molecule has 0 amide bonds. The molecule has 1 aromatic carbocycles. The zero-order valence-electron chi connectivity index (χ0n) is 12.9. The first-order valence-electron chi connectivity index (χ1n) is 7.07. The van der Waals surface area contributed by atoms with Crippen LogP contribution >= 0.6 is 0 Å². The maximum atomic E-state index is 12.7. The molecule has 0 aliphatic carbocycles. The summed E-state index contributed by atoms with van der Waals surface area (Å²) in [5, 5.41) is 10.3. The van der Waals surface area contributed by atoms with Gasteiger partial charge in [0, 0.05) is 6.20 Å². The number of aromatic nitrogens is 4. The summed E-state index contributed by atoms with van der Waals surface area (Å²) >= 11 is 0. The van der Waals surface area contributed by atoms with Crippen molar-refractivity contribution in [2.45, 2.75) is 12.7 Å². The first-order valence-corrected chi connectivity index (χ1v) is 7.07. The van der Waals surface area contributed by atoms with E-state index in [1.165, 1.54) is 10.9 Å². The number of methoxy groups -OCH3 is 1. The normalized spacial score (nSPS) is 11.5. The summed E-state index contributed by atoms with van der Waals surface area (Å²) in [6.45, 7) is 0.305. The summed E-state index contributed by atoms with van der Waals surface area (Å²) < 4.78 is 45.3. The van der Waals surface area contributed by atoms with Crippen LogP contribution in [0.25, 0.3) is 5.82 Å². The van der Waals surface area contributed by atoms with Gasteiger partial charge in [-0.05, 0) is 28.9 Å². The Hall–Kier alpha value is -3.17. The molecule has 0 saturated heterocycles. The fourth-order valence-corrected chi connectivity index (χ4v) is 2.22. The predicted molar refractivity (Wildman–Crippen MR) is 81.9 cm³/mol. The van der Waals surface area contributed by atoms with Crippen molar-refractivity contribution < 1.29 is 17.9 Å². The number of nitrogens with zero attached hydrogens (tertiary/aromatic N) is 5. The van der Waals surface area contributed by atoms with Crippen LogP contribution in [0.1, 0.15) is 11.3 Å².